The maximum Gasteiger partial charge on any atom is 0.306 e. The molecule has 0 aliphatic rings. The number of hydrogen-bond acceptors (Lipinski definition) is 4. The summed E-state index contributed by atoms with van der Waals surface area (Å²) in [4.78, 5) is 17.5. The van der Waals surface area contributed by atoms with Gasteiger partial charge in [0.15, 0.2) is 0 Å². The molecular formula is C20H27NO2S. The Morgan fingerprint density at radius 3 is 2.92 bits per heavy atom. The van der Waals surface area contributed by atoms with E-state index in [0.29, 0.717) is 18.9 Å². The molecule has 0 spiro atoms. The molecule has 0 radical (unpaired) electrons. The van der Waals surface area contributed by atoms with Crippen molar-refractivity contribution in [1.82, 2.24) is 4.98 Å². The number of thioether (sulfide) groups is 1. The number of carbonyl (C=O) groups is 1. The van der Waals surface area contributed by atoms with E-state index in [2.05, 4.69) is 31.0 Å². The Labute approximate surface area is 149 Å². The molecule has 2 aromatic rings. The molecule has 4 heteroatoms. The van der Waals surface area contributed by atoms with Gasteiger partial charge in [-0.3, -0.25) is 9.78 Å². The highest BCUT2D eigenvalue weighted by atomic mass is 32.2. The van der Waals surface area contributed by atoms with Crippen molar-refractivity contribution in [3.05, 3.63) is 36.5 Å². The third-order valence-electron chi connectivity index (χ3n) is 4.19. The Balaban J connectivity index is 1.76. The van der Waals surface area contributed by atoms with Crippen molar-refractivity contribution < 1.29 is 9.53 Å². The number of hydrogen-bond donors (Lipinski definition) is 0. The number of fused-ring (bicyclic) bond motifs is 1. The number of pyridine rings is 1. The minimum Gasteiger partial charge on any atom is -0.465 e. The first-order valence-corrected chi connectivity index (χ1v) is 9.85. The lowest BCUT2D eigenvalue weighted by molar-refractivity contribution is -0.144. The molecule has 0 aliphatic heterocycles. The van der Waals surface area contributed by atoms with Crippen LogP contribution in [0.5, 0.6) is 0 Å². The molecule has 0 aliphatic carbocycles. The molecule has 0 bridgehead atoms. The largest absolute Gasteiger partial charge is 0.465 e. The molecule has 1 heterocycles. The highest BCUT2D eigenvalue weighted by molar-refractivity contribution is 7.99. The van der Waals surface area contributed by atoms with Crippen LogP contribution in [0.2, 0.25) is 0 Å². The predicted octanol–water partition coefficient (Wildman–Crippen LogP) is 5.48. The van der Waals surface area contributed by atoms with Gasteiger partial charge in [0.25, 0.3) is 0 Å². The van der Waals surface area contributed by atoms with Crippen LogP contribution in [0.1, 0.15) is 46.0 Å². The van der Waals surface area contributed by atoms with E-state index in [1.54, 1.807) is 18.0 Å². The second-order valence-corrected chi connectivity index (χ2v) is 7.16. The lowest BCUT2D eigenvalue weighted by Gasteiger charge is -2.14. The summed E-state index contributed by atoms with van der Waals surface area (Å²) >= 11 is 1.69. The topological polar surface area (TPSA) is 39.2 Å². The van der Waals surface area contributed by atoms with Crippen molar-refractivity contribution in [3.63, 3.8) is 0 Å². The highest BCUT2D eigenvalue weighted by Crippen LogP contribution is 2.27. The molecule has 0 N–H and O–H groups in total. The van der Waals surface area contributed by atoms with Crippen molar-refractivity contribution in [2.45, 2.75) is 50.8 Å². The predicted molar refractivity (Wildman–Crippen MR) is 101 cm³/mol. The number of aromatic nitrogens is 1. The number of rotatable bonds is 10. The molecule has 130 valence electrons. The smallest absolute Gasteiger partial charge is 0.306 e. The molecule has 0 amide bonds. The van der Waals surface area contributed by atoms with Gasteiger partial charge < -0.3 is 4.74 Å². The number of esters is 1. The average Bonchev–Trinajstić information content (AvgIpc) is 2.62. The van der Waals surface area contributed by atoms with Gasteiger partial charge in [-0.15, -0.1) is 11.8 Å². The van der Waals surface area contributed by atoms with Crippen molar-refractivity contribution in [2.24, 2.45) is 5.92 Å². The highest BCUT2D eigenvalue weighted by Gasteiger charge is 2.10. The van der Waals surface area contributed by atoms with E-state index in [0.717, 1.165) is 29.5 Å². The monoisotopic (exact) mass is 345 g/mol. The molecule has 3 nitrogen and oxygen atoms in total. The summed E-state index contributed by atoms with van der Waals surface area (Å²) in [6.45, 7) is 4.93. The summed E-state index contributed by atoms with van der Waals surface area (Å²) in [6.07, 6.45) is 6.88. The summed E-state index contributed by atoms with van der Waals surface area (Å²) in [7, 11) is 0. The third-order valence-corrected chi connectivity index (χ3v) is 5.27. The molecule has 0 saturated carbocycles. The van der Waals surface area contributed by atoms with Gasteiger partial charge in [-0.2, -0.15) is 0 Å². The van der Waals surface area contributed by atoms with Crippen LogP contribution in [0.3, 0.4) is 0 Å². The number of benzene rings is 1. The SMILES string of the molecule is CCCCC(CC)COC(=O)CCSc1cccc2ncccc12. The Hall–Kier alpha value is -1.55. The van der Waals surface area contributed by atoms with Gasteiger partial charge in [0.1, 0.15) is 0 Å². The van der Waals surface area contributed by atoms with E-state index in [1.807, 2.05) is 18.2 Å². The quantitative estimate of drug-likeness (QED) is 0.422. The number of unbranched alkanes of at least 4 members (excludes halogenated alkanes) is 1. The fraction of sp³-hybridized carbons (Fsp3) is 0.500. The molecule has 1 aromatic heterocycles. The number of nitrogens with zero attached hydrogens (tertiary/aromatic N) is 1. The van der Waals surface area contributed by atoms with Crippen LogP contribution in [-0.4, -0.2) is 23.3 Å². The Morgan fingerprint density at radius 1 is 1.25 bits per heavy atom. The zero-order valence-corrected chi connectivity index (χ0v) is 15.5. The molecule has 1 unspecified atom stereocenters. The maximum absolute atomic E-state index is 11.9. The van der Waals surface area contributed by atoms with E-state index >= 15 is 0 Å². The molecule has 24 heavy (non-hydrogen) atoms. The van der Waals surface area contributed by atoms with Crippen LogP contribution in [-0.2, 0) is 9.53 Å². The Morgan fingerprint density at radius 2 is 2.12 bits per heavy atom. The van der Waals surface area contributed by atoms with E-state index in [-0.39, 0.29) is 5.97 Å². The summed E-state index contributed by atoms with van der Waals surface area (Å²) in [5.74, 6) is 1.15. The van der Waals surface area contributed by atoms with E-state index in [4.69, 9.17) is 4.74 Å². The van der Waals surface area contributed by atoms with Crippen LogP contribution >= 0.6 is 11.8 Å². The molecule has 0 saturated heterocycles. The van der Waals surface area contributed by atoms with Crippen LogP contribution in [0.4, 0.5) is 0 Å². The summed E-state index contributed by atoms with van der Waals surface area (Å²) in [6, 6.07) is 10.1. The van der Waals surface area contributed by atoms with E-state index in [1.165, 1.54) is 17.7 Å². The standard InChI is InChI=1S/C20H27NO2S/c1-3-5-8-16(4-2)15-23-20(22)12-14-24-19-11-6-10-18-17(19)9-7-13-21-18/h6-7,9-11,13,16H,3-5,8,12,14-15H2,1-2H3. The normalized spacial score (nSPS) is 12.2. The summed E-state index contributed by atoms with van der Waals surface area (Å²) in [5.41, 5.74) is 0.992. The first-order chi connectivity index (χ1) is 11.7. The second kappa shape index (κ2) is 10.3. The zero-order chi connectivity index (χ0) is 17.2. The van der Waals surface area contributed by atoms with Gasteiger partial charge in [-0.1, -0.05) is 45.2 Å². The van der Waals surface area contributed by atoms with Gasteiger partial charge >= 0.3 is 5.97 Å². The first-order valence-electron chi connectivity index (χ1n) is 8.86. The lowest BCUT2D eigenvalue weighted by Crippen LogP contribution is -2.14. The summed E-state index contributed by atoms with van der Waals surface area (Å²) < 4.78 is 5.45. The van der Waals surface area contributed by atoms with Crippen LogP contribution in [0.15, 0.2) is 41.4 Å². The average molecular weight is 346 g/mol. The summed E-state index contributed by atoms with van der Waals surface area (Å²) in [5, 5.41) is 1.14. The lowest BCUT2D eigenvalue weighted by atomic mass is 10.0. The van der Waals surface area contributed by atoms with Crippen LogP contribution < -0.4 is 0 Å². The van der Waals surface area contributed by atoms with Gasteiger partial charge in [-0.25, -0.2) is 0 Å². The third kappa shape index (κ3) is 5.82. The Bertz CT molecular complexity index is 639. The first kappa shape index (κ1) is 18.8. The van der Waals surface area contributed by atoms with Crippen LogP contribution in [0, 0.1) is 5.92 Å². The zero-order valence-electron chi connectivity index (χ0n) is 14.7. The number of ether oxygens (including phenoxy) is 1. The van der Waals surface area contributed by atoms with E-state index < -0.39 is 0 Å². The fourth-order valence-electron chi connectivity index (χ4n) is 2.63. The van der Waals surface area contributed by atoms with Crippen molar-refractivity contribution in [3.8, 4) is 0 Å². The van der Waals surface area contributed by atoms with Gasteiger partial charge in [0.2, 0.25) is 0 Å². The second-order valence-electron chi connectivity index (χ2n) is 6.02. The minimum absolute atomic E-state index is 0.0872. The maximum atomic E-state index is 11.9. The van der Waals surface area contributed by atoms with Gasteiger partial charge in [0.05, 0.1) is 18.5 Å². The van der Waals surface area contributed by atoms with Crippen molar-refractivity contribution in [1.29, 1.82) is 0 Å². The fourth-order valence-corrected chi connectivity index (χ4v) is 3.62. The Kier molecular flexibility index (Phi) is 8.10. The molecule has 2 rings (SSSR count). The van der Waals surface area contributed by atoms with Crippen molar-refractivity contribution >= 4 is 28.6 Å². The number of carbonyl (C=O) groups excluding carboxylic acids is 1. The molecule has 1 aromatic carbocycles. The molecule has 0 fully saturated rings. The van der Waals surface area contributed by atoms with Crippen LogP contribution in [0.25, 0.3) is 10.9 Å². The molecular weight excluding hydrogens is 318 g/mol. The van der Waals surface area contributed by atoms with Crippen molar-refractivity contribution in [2.75, 3.05) is 12.4 Å². The minimum atomic E-state index is -0.0872. The molecule has 1 atom stereocenters. The van der Waals surface area contributed by atoms with Gasteiger partial charge in [-0.05, 0) is 30.5 Å². The van der Waals surface area contributed by atoms with Gasteiger partial charge in [0, 0.05) is 22.2 Å². The van der Waals surface area contributed by atoms with E-state index in [9.17, 15) is 4.79 Å².